The maximum atomic E-state index is 12.3. The molecule has 4 rings (SSSR count). The second kappa shape index (κ2) is 9.13. The van der Waals surface area contributed by atoms with Gasteiger partial charge in [-0.1, -0.05) is 35.9 Å². The molecule has 3 aromatic heterocycles. The number of nitrogens with zero attached hydrogens (tertiary/aromatic N) is 4. The molecule has 0 saturated carbocycles. The summed E-state index contributed by atoms with van der Waals surface area (Å²) < 4.78 is 9.10. The fourth-order valence-electron chi connectivity index (χ4n) is 3.66. The Bertz CT molecular complexity index is 1370. The zero-order valence-electron chi connectivity index (χ0n) is 17.7. The van der Waals surface area contributed by atoms with E-state index in [0.29, 0.717) is 22.7 Å². The van der Waals surface area contributed by atoms with E-state index in [4.69, 9.17) is 16.3 Å². The molecule has 0 unspecified atom stereocenters. The van der Waals surface area contributed by atoms with Crippen LogP contribution in [0.2, 0.25) is 5.02 Å². The molecule has 1 aromatic carbocycles. The molecule has 0 radical (unpaired) electrons. The van der Waals surface area contributed by atoms with E-state index in [-0.39, 0.29) is 6.61 Å². The lowest BCUT2D eigenvalue weighted by Gasteiger charge is -2.06. The predicted molar refractivity (Wildman–Crippen MR) is 123 cm³/mol. The van der Waals surface area contributed by atoms with Crippen molar-refractivity contribution >= 4 is 29.2 Å². The molecule has 0 atom stereocenters. The Kier molecular flexibility index (Phi) is 6.11. The van der Waals surface area contributed by atoms with Gasteiger partial charge in [-0.05, 0) is 43.7 Å². The number of carbonyl (C=O) groups is 1. The van der Waals surface area contributed by atoms with Gasteiger partial charge in [0.05, 0.1) is 23.3 Å². The average Bonchev–Trinajstić information content (AvgIpc) is 3.28. The first-order valence-electron chi connectivity index (χ1n) is 10.1. The number of esters is 1. The molecule has 6 nitrogen and oxygen atoms in total. The van der Waals surface area contributed by atoms with Crippen molar-refractivity contribution in [3.05, 3.63) is 99.6 Å². The lowest BCUT2D eigenvalue weighted by Crippen LogP contribution is -2.04. The third-order valence-corrected chi connectivity index (χ3v) is 5.71. The molecule has 0 fully saturated rings. The van der Waals surface area contributed by atoms with Crippen molar-refractivity contribution in [3.8, 4) is 6.07 Å². The molecule has 4 aromatic rings. The van der Waals surface area contributed by atoms with E-state index < -0.39 is 5.97 Å². The largest absolute Gasteiger partial charge is 0.458 e. The van der Waals surface area contributed by atoms with Crippen molar-refractivity contribution in [2.24, 2.45) is 0 Å². The van der Waals surface area contributed by atoms with E-state index in [1.165, 1.54) is 6.08 Å². The highest BCUT2D eigenvalue weighted by Gasteiger charge is 2.13. The summed E-state index contributed by atoms with van der Waals surface area (Å²) in [6.45, 7) is 4.42. The molecule has 160 valence electrons. The molecule has 0 spiro atoms. The minimum absolute atomic E-state index is 0.0253. The van der Waals surface area contributed by atoms with Crippen LogP contribution in [-0.4, -0.2) is 20.2 Å². The van der Waals surface area contributed by atoms with E-state index in [2.05, 4.69) is 11.2 Å². The SMILES string of the molecule is Cc1nn(Cc2ccccc2Cl)c(C)c1/C=C\C(=O)OCc1cn2ccccc2c1C#N. The molecule has 0 bridgehead atoms. The van der Waals surface area contributed by atoms with Crippen LogP contribution in [0.4, 0.5) is 0 Å². The van der Waals surface area contributed by atoms with Crippen molar-refractivity contribution in [1.82, 2.24) is 14.2 Å². The number of aryl methyl sites for hydroxylation is 1. The van der Waals surface area contributed by atoms with Crippen molar-refractivity contribution in [1.29, 1.82) is 5.26 Å². The number of carbonyl (C=O) groups excluding carboxylic acids is 1. The fraction of sp³-hybridized carbons (Fsp3) is 0.160. The minimum atomic E-state index is -0.484. The zero-order chi connectivity index (χ0) is 22.7. The summed E-state index contributed by atoms with van der Waals surface area (Å²) in [5.41, 5.74) is 5.54. The van der Waals surface area contributed by atoms with Crippen LogP contribution < -0.4 is 0 Å². The number of nitriles is 1. The van der Waals surface area contributed by atoms with Gasteiger partial charge in [0.1, 0.15) is 12.7 Å². The van der Waals surface area contributed by atoms with Gasteiger partial charge >= 0.3 is 5.97 Å². The van der Waals surface area contributed by atoms with E-state index in [9.17, 15) is 10.1 Å². The van der Waals surface area contributed by atoms with Crippen LogP contribution in [0.3, 0.4) is 0 Å². The molecule has 7 heteroatoms. The van der Waals surface area contributed by atoms with E-state index in [1.807, 2.05) is 71.6 Å². The average molecular weight is 445 g/mol. The molecule has 3 heterocycles. The summed E-state index contributed by atoms with van der Waals surface area (Å²) in [5, 5.41) is 14.7. The van der Waals surface area contributed by atoms with Gasteiger partial charge in [0.2, 0.25) is 0 Å². The number of hydrogen-bond acceptors (Lipinski definition) is 4. The van der Waals surface area contributed by atoms with Crippen LogP contribution in [0.15, 0.2) is 60.9 Å². The summed E-state index contributed by atoms with van der Waals surface area (Å²) in [7, 11) is 0. The van der Waals surface area contributed by atoms with Crippen LogP contribution in [0.1, 0.15) is 33.6 Å². The Balaban J connectivity index is 1.46. The van der Waals surface area contributed by atoms with Crippen LogP contribution in [-0.2, 0) is 22.7 Å². The third-order valence-electron chi connectivity index (χ3n) is 5.35. The molecular weight excluding hydrogens is 424 g/mol. The molecular formula is C25H21ClN4O2. The number of halogens is 1. The number of hydrogen-bond donors (Lipinski definition) is 0. The quantitative estimate of drug-likeness (QED) is 0.307. The highest BCUT2D eigenvalue weighted by Crippen LogP contribution is 2.21. The molecule has 0 amide bonds. The number of fused-ring (bicyclic) bond motifs is 1. The van der Waals surface area contributed by atoms with Gasteiger partial charge in [-0.3, -0.25) is 4.68 Å². The smallest absolute Gasteiger partial charge is 0.331 e. The Morgan fingerprint density at radius 1 is 1.19 bits per heavy atom. The van der Waals surface area contributed by atoms with Crippen LogP contribution in [0.5, 0.6) is 0 Å². The van der Waals surface area contributed by atoms with Crippen molar-refractivity contribution in [2.75, 3.05) is 0 Å². The molecule has 0 aliphatic heterocycles. The standard InChI is InChI=1S/C25H21ClN4O2/c1-17-21(18(2)30(28-17)15-19-7-3-4-8-23(19)26)10-11-25(31)32-16-20-14-29-12-6-5-9-24(29)22(20)13-27/h3-12,14H,15-16H2,1-2H3/b11-10-. The minimum Gasteiger partial charge on any atom is -0.458 e. The van der Waals surface area contributed by atoms with Gasteiger partial charge in [0, 0.05) is 40.3 Å². The monoisotopic (exact) mass is 444 g/mol. The Hall–Kier alpha value is -3.82. The molecule has 0 aliphatic rings. The maximum absolute atomic E-state index is 12.3. The Morgan fingerprint density at radius 2 is 1.97 bits per heavy atom. The highest BCUT2D eigenvalue weighted by molar-refractivity contribution is 6.31. The van der Waals surface area contributed by atoms with Crippen LogP contribution >= 0.6 is 11.6 Å². The van der Waals surface area contributed by atoms with Gasteiger partial charge in [-0.15, -0.1) is 0 Å². The van der Waals surface area contributed by atoms with Crippen molar-refractivity contribution < 1.29 is 9.53 Å². The number of ether oxygens (including phenoxy) is 1. The number of pyridine rings is 1. The van der Waals surface area contributed by atoms with E-state index in [0.717, 1.165) is 28.0 Å². The molecule has 0 saturated heterocycles. The van der Waals surface area contributed by atoms with Crippen molar-refractivity contribution in [3.63, 3.8) is 0 Å². The first kappa shape index (κ1) is 21.4. The molecule has 0 N–H and O–H groups in total. The number of aromatic nitrogens is 3. The first-order valence-corrected chi connectivity index (χ1v) is 10.5. The topological polar surface area (TPSA) is 72.3 Å². The van der Waals surface area contributed by atoms with Gasteiger partial charge in [-0.25, -0.2) is 4.79 Å². The number of benzene rings is 1. The number of rotatable bonds is 6. The van der Waals surface area contributed by atoms with E-state index in [1.54, 1.807) is 12.3 Å². The van der Waals surface area contributed by atoms with Crippen LogP contribution in [0, 0.1) is 25.2 Å². The third kappa shape index (κ3) is 4.29. The highest BCUT2D eigenvalue weighted by atomic mass is 35.5. The van der Waals surface area contributed by atoms with E-state index >= 15 is 0 Å². The summed E-state index contributed by atoms with van der Waals surface area (Å²) in [6, 6.07) is 15.4. The second-order valence-corrected chi connectivity index (χ2v) is 7.82. The lowest BCUT2D eigenvalue weighted by molar-refractivity contribution is -0.138. The summed E-state index contributed by atoms with van der Waals surface area (Å²) >= 11 is 6.27. The second-order valence-electron chi connectivity index (χ2n) is 7.41. The fourth-order valence-corrected chi connectivity index (χ4v) is 3.85. The van der Waals surface area contributed by atoms with Crippen LogP contribution in [0.25, 0.3) is 11.6 Å². The first-order chi connectivity index (χ1) is 15.5. The van der Waals surface area contributed by atoms with Gasteiger partial charge in [0.25, 0.3) is 0 Å². The lowest BCUT2D eigenvalue weighted by atomic mass is 10.1. The Morgan fingerprint density at radius 3 is 2.75 bits per heavy atom. The molecule has 32 heavy (non-hydrogen) atoms. The van der Waals surface area contributed by atoms with Gasteiger partial charge in [0.15, 0.2) is 0 Å². The normalized spacial score (nSPS) is 11.2. The summed E-state index contributed by atoms with van der Waals surface area (Å²) in [5.74, 6) is -0.484. The summed E-state index contributed by atoms with van der Waals surface area (Å²) in [6.07, 6.45) is 6.76. The van der Waals surface area contributed by atoms with Gasteiger partial charge < -0.3 is 9.14 Å². The predicted octanol–water partition coefficient (Wildman–Crippen LogP) is 5.08. The molecule has 0 aliphatic carbocycles. The summed E-state index contributed by atoms with van der Waals surface area (Å²) in [4.78, 5) is 12.3. The Labute approximate surface area is 190 Å². The zero-order valence-corrected chi connectivity index (χ0v) is 18.5. The maximum Gasteiger partial charge on any atom is 0.331 e. The van der Waals surface area contributed by atoms with Gasteiger partial charge in [-0.2, -0.15) is 10.4 Å². The van der Waals surface area contributed by atoms with Crippen molar-refractivity contribution in [2.45, 2.75) is 27.0 Å².